The zero-order chi connectivity index (χ0) is 17.4. The molecule has 0 radical (unpaired) electrons. The van der Waals surface area contributed by atoms with Gasteiger partial charge in [0.1, 0.15) is 5.69 Å². The number of nitrogens with two attached hydrogens (primary N) is 1. The van der Waals surface area contributed by atoms with Crippen LogP contribution in [0.1, 0.15) is 12.8 Å². The number of hydrogen-bond donors (Lipinski definition) is 4. The number of carboxylic acids is 1. The van der Waals surface area contributed by atoms with Crippen LogP contribution in [0.3, 0.4) is 0 Å². The number of rotatable bonds is 6. The minimum absolute atomic E-state index is 0.0369. The summed E-state index contributed by atoms with van der Waals surface area (Å²) in [5.41, 5.74) is 6.38. The third kappa shape index (κ3) is 2.93. The first-order valence-corrected chi connectivity index (χ1v) is 7.68. The van der Waals surface area contributed by atoms with Gasteiger partial charge in [-0.3, -0.25) is 0 Å². The Morgan fingerprint density at radius 1 is 1.38 bits per heavy atom. The molecule has 1 aromatic rings. The molecule has 1 aliphatic heterocycles. The molecule has 130 valence electrons. The lowest BCUT2D eigenvalue weighted by Gasteiger charge is -2.29. The summed E-state index contributed by atoms with van der Waals surface area (Å²) in [4.78, 5) is 28.6. The van der Waals surface area contributed by atoms with E-state index >= 15 is 0 Å². The van der Waals surface area contributed by atoms with Crippen LogP contribution in [0.5, 0.6) is 5.88 Å². The number of nitrogens with zero attached hydrogens (tertiary/aromatic N) is 2. The maximum atomic E-state index is 11.9. The van der Waals surface area contributed by atoms with Crippen molar-refractivity contribution < 1.29 is 29.6 Å². The van der Waals surface area contributed by atoms with E-state index in [0.717, 1.165) is 12.8 Å². The van der Waals surface area contributed by atoms with Crippen LogP contribution >= 0.6 is 0 Å². The lowest BCUT2D eigenvalue weighted by Crippen LogP contribution is -2.42. The number of aliphatic hydroxyl groups is 2. The van der Waals surface area contributed by atoms with Gasteiger partial charge in [-0.1, -0.05) is 0 Å². The zero-order valence-corrected chi connectivity index (χ0v) is 12.8. The van der Waals surface area contributed by atoms with Crippen molar-refractivity contribution in [3.63, 3.8) is 0 Å². The third-order valence-electron chi connectivity index (χ3n) is 4.50. The van der Waals surface area contributed by atoms with E-state index in [1.54, 1.807) is 12.1 Å². The van der Waals surface area contributed by atoms with Gasteiger partial charge in [-0.05, 0) is 30.9 Å². The van der Waals surface area contributed by atoms with E-state index in [2.05, 4.69) is 9.88 Å². The van der Waals surface area contributed by atoms with E-state index < -0.39 is 24.1 Å². The average molecular weight is 337 g/mol. The highest BCUT2D eigenvalue weighted by Crippen LogP contribution is 2.51. The Bertz CT molecular complexity index is 654. The highest BCUT2D eigenvalue weighted by molar-refractivity contribution is 5.86. The van der Waals surface area contributed by atoms with E-state index in [-0.39, 0.29) is 11.9 Å². The van der Waals surface area contributed by atoms with Crippen LogP contribution in [0, 0.1) is 5.92 Å². The van der Waals surface area contributed by atoms with Crippen LogP contribution in [-0.2, 0) is 9.59 Å². The first-order valence-electron chi connectivity index (χ1n) is 7.68. The summed E-state index contributed by atoms with van der Waals surface area (Å²) in [5.74, 6) is -2.46. The second-order valence-corrected chi connectivity index (χ2v) is 6.07. The summed E-state index contributed by atoms with van der Waals surface area (Å²) in [6, 6.07) is 3.87. The second-order valence-electron chi connectivity index (χ2n) is 6.07. The minimum Gasteiger partial charge on any atom is -0.479 e. The molecule has 1 aromatic heterocycles. The molecule has 9 nitrogen and oxygen atoms in total. The molecule has 0 spiro atoms. The van der Waals surface area contributed by atoms with Crippen molar-refractivity contribution in [2.45, 2.75) is 37.1 Å². The molecule has 2 heterocycles. The summed E-state index contributed by atoms with van der Waals surface area (Å²) in [6.45, 7) is 0.454. The van der Waals surface area contributed by atoms with E-state index in [9.17, 15) is 19.8 Å². The fraction of sp³-hybridized carbons (Fsp3) is 0.533. The van der Waals surface area contributed by atoms with Crippen molar-refractivity contribution in [2.24, 2.45) is 11.7 Å². The Hall–Kier alpha value is -2.23. The maximum Gasteiger partial charge on any atom is 0.345 e. The van der Waals surface area contributed by atoms with Gasteiger partial charge in [-0.15, -0.1) is 0 Å². The van der Waals surface area contributed by atoms with Gasteiger partial charge in [0.15, 0.2) is 12.2 Å². The van der Waals surface area contributed by atoms with Crippen molar-refractivity contribution in [1.29, 1.82) is 0 Å². The number of anilines is 1. The quantitative estimate of drug-likeness (QED) is 0.466. The monoisotopic (exact) mass is 337 g/mol. The van der Waals surface area contributed by atoms with E-state index in [4.69, 9.17) is 15.6 Å². The number of carbonyl (C=O) groups excluding carboxylic acids is 1. The number of carbonyl (C=O) groups is 2. The fourth-order valence-electron chi connectivity index (χ4n) is 3.22. The maximum absolute atomic E-state index is 11.9. The Morgan fingerprint density at radius 3 is 2.79 bits per heavy atom. The number of fused-ring (bicyclic) bond motifs is 1. The van der Waals surface area contributed by atoms with Gasteiger partial charge in [-0.2, -0.15) is 0 Å². The molecule has 5 N–H and O–H groups in total. The molecule has 2 fully saturated rings. The van der Waals surface area contributed by atoms with Gasteiger partial charge in [0.25, 0.3) is 0 Å². The lowest BCUT2D eigenvalue weighted by atomic mass is 10.1. The van der Waals surface area contributed by atoms with Crippen LogP contribution in [0.25, 0.3) is 0 Å². The van der Waals surface area contributed by atoms with E-state index in [0.29, 0.717) is 24.2 Å². The standard InChI is InChI=1S/C15H19N3O6/c16-6-8-4-7-5-10(7)18(8)9-2-1-3-17-13(9)24-15(23)12(20)11(19)14(21)22/h1-3,7-8,10-12,19-20H,4-6,16H2,(H,21,22). The van der Waals surface area contributed by atoms with Crippen LogP contribution in [0.4, 0.5) is 5.69 Å². The molecule has 1 aliphatic carbocycles. The number of pyridine rings is 1. The van der Waals surface area contributed by atoms with Crippen LogP contribution in [0.2, 0.25) is 0 Å². The van der Waals surface area contributed by atoms with Gasteiger partial charge in [0.05, 0.1) is 0 Å². The molecule has 1 saturated carbocycles. The average Bonchev–Trinajstić information content (AvgIpc) is 3.24. The molecule has 1 saturated heterocycles. The number of aliphatic carboxylic acids is 1. The van der Waals surface area contributed by atoms with Crippen LogP contribution in [0.15, 0.2) is 18.3 Å². The Labute approximate surface area is 137 Å². The number of carboxylic acid groups (broad SMARTS) is 1. The molecule has 5 unspecified atom stereocenters. The van der Waals surface area contributed by atoms with Gasteiger partial charge >= 0.3 is 11.9 Å². The molecule has 5 atom stereocenters. The first-order chi connectivity index (χ1) is 11.4. The Kier molecular flexibility index (Phi) is 4.39. The number of hydrogen-bond acceptors (Lipinski definition) is 8. The molecule has 3 rings (SSSR count). The smallest absolute Gasteiger partial charge is 0.345 e. The highest BCUT2D eigenvalue weighted by Gasteiger charge is 2.52. The fourth-order valence-corrected chi connectivity index (χ4v) is 3.22. The summed E-state index contributed by atoms with van der Waals surface area (Å²) in [7, 11) is 0. The number of ether oxygens (including phenoxy) is 1. The van der Waals surface area contributed by atoms with Crippen molar-refractivity contribution in [1.82, 2.24) is 4.98 Å². The molecular formula is C15H19N3O6. The molecule has 0 aromatic carbocycles. The minimum atomic E-state index is -2.26. The predicted octanol–water partition coefficient (Wildman–Crippen LogP) is -1.28. The molecule has 0 amide bonds. The topological polar surface area (TPSA) is 146 Å². The molecule has 24 heavy (non-hydrogen) atoms. The van der Waals surface area contributed by atoms with E-state index in [1.165, 1.54) is 6.20 Å². The Morgan fingerprint density at radius 2 is 2.12 bits per heavy atom. The largest absolute Gasteiger partial charge is 0.479 e. The summed E-state index contributed by atoms with van der Waals surface area (Å²) in [6.07, 6.45) is -1.04. The van der Waals surface area contributed by atoms with Gasteiger partial charge < -0.3 is 30.7 Å². The second kappa shape index (κ2) is 6.34. The van der Waals surface area contributed by atoms with Crippen molar-refractivity contribution in [3.05, 3.63) is 18.3 Å². The summed E-state index contributed by atoms with van der Waals surface area (Å²) in [5, 5.41) is 27.5. The number of aromatic nitrogens is 1. The lowest BCUT2D eigenvalue weighted by molar-refractivity contribution is -0.164. The molecule has 2 aliphatic rings. The number of aliphatic hydroxyl groups excluding tert-OH is 2. The van der Waals surface area contributed by atoms with Gasteiger partial charge in [0, 0.05) is 24.8 Å². The molecular weight excluding hydrogens is 318 g/mol. The van der Waals surface area contributed by atoms with Crippen LogP contribution in [-0.4, -0.2) is 63.1 Å². The highest BCUT2D eigenvalue weighted by atomic mass is 16.6. The molecule has 0 bridgehead atoms. The number of piperidine rings is 1. The van der Waals surface area contributed by atoms with Gasteiger partial charge in [-0.25, -0.2) is 14.6 Å². The van der Waals surface area contributed by atoms with Crippen molar-refractivity contribution in [2.75, 3.05) is 11.4 Å². The Balaban J connectivity index is 1.80. The predicted molar refractivity (Wildman–Crippen MR) is 81.4 cm³/mol. The van der Waals surface area contributed by atoms with Gasteiger partial charge in [0.2, 0.25) is 5.88 Å². The number of esters is 1. The van der Waals surface area contributed by atoms with E-state index in [1.807, 2.05) is 0 Å². The third-order valence-corrected chi connectivity index (χ3v) is 4.50. The first kappa shape index (κ1) is 16.6. The SMILES string of the molecule is NCC1CC2CC2N1c1cccnc1OC(=O)C(O)C(O)C(=O)O. The van der Waals surface area contributed by atoms with Crippen LogP contribution < -0.4 is 15.4 Å². The molecule has 9 heteroatoms. The van der Waals surface area contributed by atoms with Crippen molar-refractivity contribution in [3.8, 4) is 5.88 Å². The van der Waals surface area contributed by atoms with Crippen molar-refractivity contribution >= 4 is 17.6 Å². The zero-order valence-electron chi connectivity index (χ0n) is 12.8. The normalized spacial score (nSPS) is 27.3. The summed E-state index contributed by atoms with van der Waals surface area (Å²) >= 11 is 0. The summed E-state index contributed by atoms with van der Waals surface area (Å²) < 4.78 is 5.04.